The largest absolute Gasteiger partial charge is 0.269 e. The average molecular weight is 434 g/mol. The number of aliphatic imine (C=N–C) groups is 2. The van der Waals surface area contributed by atoms with Crippen LogP contribution < -0.4 is 0 Å². The van der Waals surface area contributed by atoms with Crippen LogP contribution >= 0.6 is 0 Å². The number of rotatable bonds is 7. The molecule has 0 aromatic heterocycles. The van der Waals surface area contributed by atoms with Gasteiger partial charge >= 0.3 is 0 Å². The highest BCUT2D eigenvalue weighted by Gasteiger charge is 2.40. The number of nitrogens with zero attached hydrogens (tertiary/aromatic N) is 4. The minimum absolute atomic E-state index is 0.0865. The number of fused-ring (bicyclic) bond motifs is 2. The third-order valence-corrected chi connectivity index (χ3v) is 7.35. The van der Waals surface area contributed by atoms with Gasteiger partial charge in [-0.3, -0.25) is 30.2 Å². The average Bonchev–Trinajstić information content (AvgIpc) is 3.15. The molecule has 0 spiro atoms. The van der Waals surface area contributed by atoms with Gasteiger partial charge in [-0.1, -0.05) is 26.7 Å². The van der Waals surface area contributed by atoms with Crippen molar-refractivity contribution >= 4 is 34.2 Å². The van der Waals surface area contributed by atoms with E-state index in [0.29, 0.717) is 0 Å². The fourth-order valence-corrected chi connectivity index (χ4v) is 4.94. The summed E-state index contributed by atoms with van der Waals surface area (Å²) in [6.07, 6.45) is 3.45. The lowest BCUT2D eigenvalue weighted by atomic mass is 9.73. The van der Waals surface area contributed by atoms with Crippen molar-refractivity contribution in [3.63, 3.8) is 0 Å². The molecule has 2 aromatic rings. The molecule has 0 aliphatic carbocycles. The molecule has 2 aromatic carbocycles. The van der Waals surface area contributed by atoms with Crippen LogP contribution in [0.15, 0.2) is 46.4 Å². The molecular formula is C24H26N4O4. The van der Waals surface area contributed by atoms with E-state index in [2.05, 4.69) is 23.8 Å². The van der Waals surface area contributed by atoms with Gasteiger partial charge in [0, 0.05) is 46.5 Å². The molecule has 2 unspecified atom stereocenters. The van der Waals surface area contributed by atoms with E-state index in [9.17, 15) is 20.2 Å². The topological polar surface area (TPSA) is 111 Å². The van der Waals surface area contributed by atoms with Gasteiger partial charge in [-0.2, -0.15) is 0 Å². The maximum Gasteiger partial charge on any atom is 0.269 e. The SMILES string of the molecule is CC1=Nc2ccc([N+](=O)[O-])cc2C1(C)CCCCC1(C)C(C)=Nc2ccc([N+](=O)[O-])cc21. The number of hydrogen-bond acceptors (Lipinski definition) is 6. The first-order valence-electron chi connectivity index (χ1n) is 10.8. The Morgan fingerprint density at radius 3 is 1.47 bits per heavy atom. The van der Waals surface area contributed by atoms with Crippen LogP contribution in [-0.2, 0) is 10.8 Å². The summed E-state index contributed by atoms with van der Waals surface area (Å²) in [7, 11) is 0. The van der Waals surface area contributed by atoms with Gasteiger partial charge in [-0.05, 0) is 49.9 Å². The monoisotopic (exact) mass is 434 g/mol. The summed E-state index contributed by atoms with van der Waals surface area (Å²) in [5.74, 6) is 0. The van der Waals surface area contributed by atoms with Crippen LogP contribution in [0.4, 0.5) is 22.7 Å². The van der Waals surface area contributed by atoms with Crippen LogP contribution in [0.1, 0.15) is 64.5 Å². The Balaban J connectivity index is 1.49. The van der Waals surface area contributed by atoms with Crippen molar-refractivity contribution in [2.24, 2.45) is 9.98 Å². The van der Waals surface area contributed by atoms with Crippen molar-refractivity contribution in [2.75, 3.05) is 0 Å². The van der Waals surface area contributed by atoms with Gasteiger partial charge in [0.25, 0.3) is 11.4 Å². The first kappa shape index (κ1) is 21.8. The Hall–Kier alpha value is -3.42. The van der Waals surface area contributed by atoms with Gasteiger partial charge in [-0.25, -0.2) is 0 Å². The summed E-state index contributed by atoms with van der Waals surface area (Å²) in [5.41, 5.74) is 4.88. The van der Waals surface area contributed by atoms with Crippen molar-refractivity contribution in [3.8, 4) is 0 Å². The molecule has 2 aliphatic rings. The Morgan fingerprint density at radius 2 is 1.12 bits per heavy atom. The molecule has 4 rings (SSSR count). The van der Waals surface area contributed by atoms with Gasteiger partial charge in [0.15, 0.2) is 0 Å². The van der Waals surface area contributed by atoms with Crippen LogP contribution in [0, 0.1) is 20.2 Å². The summed E-state index contributed by atoms with van der Waals surface area (Å²) in [6.45, 7) is 8.17. The molecular weight excluding hydrogens is 408 g/mol. The van der Waals surface area contributed by atoms with E-state index in [1.807, 2.05) is 13.8 Å². The van der Waals surface area contributed by atoms with Crippen molar-refractivity contribution in [1.29, 1.82) is 0 Å². The summed E-state index contributed by atoms with van der Waals surface area (Å²) < 4.78 is 0. The highest BCUT2D eigenvalue weighted by Crippen LogP contribution is 2.47. The Labute approximate surface area is 186 Å². The highest BCUT2D eigenvalue weighted by molar-refractivity contribution is 6.01. The molecule has 8 heteroatoms. The van der Waals surface area contributed by atoms with E-state index in [1.54, 1.807) is 24.3 Å². The van der Waals surface area contributed by atoms with Gasteiger partial charge < -0.3 is 0 Å². The molecule has 0 bridgehead atoms. The van der Waals surface area contributed by atoms with Crippen molar-refractivity contribution in [2.45, 2.75) is 64.2 Å². The number of unbranched alkanes of at least 4 members (excludes halogenated alkanes) is 1. The van der Waals surface area contributed by atoms with Crippen LogP contribution in [0.5, 0.6) is 0 Å². The van der Waals surface area contributed by atoms with E-state index in [1.165, 1.54) is 12.1 Å². The molecule has 0 N–H and O–H groups in total. The molecule has 0 amide bonds. The Bertz CT molecular complexity index is 1110. The highest BCUT2D eigenvalue weighted by atomic mass is 16.6. The van der Waals surface area contributed by atoms with Crippen LogP contribution in [0.3, 0.4) is 0 Å². The van der Waals surface area contributed by atoms with E-state index in [-0.39, 0.29) is 32.1 Å². The smallest absolute Gasteiger partial charge is 0.258 e. The molecule has 32 heavy (non-hydrogen) atoms. The van der Waals surface area contributed by atoms with Crippen molar-refractivity contribution in [3.05, 3.63) is 67.8 Å². The number of benzene rings is 2. The number of nitro benzene ring substituents is 2. The zero-order valence-electron chi connectivity index (χ0n) is 18.7. The van der Waals surface area contributed by atoms with Gasteiger partial charge in [-0.15, -0.1) is 0 Å². The second-order valence-electron chi connectivity index (χ2n) is 9.18. The zero-order chi connectivity index (χ0) is 23.3. The standard InChI is InChI=1S/C24H26N4O4/c1-15-23(3,19-13-17(27(29)30)7-9-21(19)25-15)11-5-6-12-24(4)16(2)26-22-10-8-18(28(31)32)14-20(22)24/h7-10,13-14H,5-6,11-12H2,1-4H3. The second-order valence-corrected chi connectivity index (χ2v) is 9.18. The minimum Gasteiger partial charge on any atom is -0.258 e. The van der Waals surface area contributed by atoms with E-state index >= 15 is 0 Å². The van der Waals surface area contributed by atoms with Gasteiger partial charge in [0.2, 0.25) is 0 Å². The first-order chi connectivity index (χ1) is 15.1. The third kappa shape index (κ3) is 3.39. The maximum atomic E-state index is 11.2. The molecule has 0 radical (unpaired) electrons. The van der Waals surface area contributed by atoms with Gasteiger partial charge in [0.05, 0.1) is 21.2 Å². The quantitative estimate of drug-likeness (QED) is 0.281. The van der Waals surface area contributed by atoms with Crippen LogP contribution in [0.25, 0.3) is 0 Å². The van der Waals surface area contributed by atoms with Crippen molar-refractivity contribution in [1.82, 2.24) is 0 Å². The summed E-state index contributed by atoms with van der Waals surface area (Å²) >= 11 is 0. The van der Waals surface area contributed by atoms with Gasteiger partial charge in [0.1, 0.15) is 0 Å². The molecule has 166 valence electrons. The zero-order valence-corrected chi connectivity index (χ0v) is 18.7. The van der Waals surface area contributed by atoms with Crippen LogP contribution in [-0.4, -0.2) is 21.3 Å². The lowest BCUT2D eigenvalue weighted by molar-refractivity contribution is -0.385. The minimum atomic E-state index is -0.367. The Kier molecular flexibility index (Phi) is 5.19. The molecule has 2 atom stereocenters. The predicted molar refractivity (Wildman–Crippen MR) is 125 cm³/mol. The first-order valence-corrected chi connectivity index (χ1v) is 10.8. The molecule has 0 saturated heterocycles. The summed E-state index contributed by atoms with van der Waals surface area (Å²) in [5, 5.41) is 22.5. The normalized spacial score (nSPS) is 23.4. The third-order valence-electron chi connectivity index (χ3n) is 7.35. The molecule has 0 fully saturated rings. The lowest BCUT2D eigenvalue weighted by Crippen LogP contribution is -2.29. The van der Waals surface area contributed by atoms with Crippen LogP contribution in [0.2, 0.25) is 0 Å². The maximum absolute atomic E-state index is 11.2. The van der Waals surface area contributed by atoms with Crippen molar-refractivity contribution < 1.29 is 9.85 Å². The molecule has 8 nitrogen and oxygen atoms in total. The van der Waals surface area contributed by atoms with E-state index in [0.717, 1.165) is 59.6 Å². The lowest BCUT2D eigenvalue weighted by Gasteiger charge is -2.29. The molecule has 0 saturated carbocycles. The summed E-state index contributed by atoms with van der Waals surface area (Å²) in [4.78, 5) is 31.1. The second kappa shape index (κ2) is 7.62. The number of non-ortho nitro benzene ring substituents is 2. The Morgan fingerprint density at radius 1 is 0.750 bits per heavy atom. The number of hydrogen-bond donors (Lipinski definition) is 0. The van der Waals surface area contributed by atoms with E-state index < -0.39 is 0 Å². The fraction of sp³-hybridized carbons (Fsp3) is 0.417. The summed E-state index contributed by atoms with van der Waals surface area (Å²) in [6, 6.07) is 9.76. The van der Waals surface area contributed by atoms with E-state index in [4.69, 9.17) is 0 Å². The molecule has 2 aliphatic heterocycles. The number of nitro groups is 2. The molecule has 2 heterocycles. The fourth-order valence-electron chi connectivity index (χ4n) is 4.94. The predicted octanol–water partition coefficient (Wildman–Crippen LogP) is 6.49.